The first-order valence-corrected chi connectivity index (χ1v) is 7.41. The fourth-order valence-electron chi connectivity index (χ4n) is 1.37. The van der Waals surface area contributed by atoms with E-state index >= 15 is 0 Å². The van der Waals surface area contributed by atoms with Gasteiger partial charge in [0.15, 0.2) is 0 Å². The minimum Gasteiger partial charge on any atom is -0.212 e. The van der Waals surface area contributed by atoms with E-state index in [1.54, 1.807) is 6.08 Å². The molecule has 17 heavy (non-hydrogen) atoms. The van der Waals surface area contributed by atoms with Crippen molar-refractivity contribution in [1.82, 2.24) is 4.72 Å². The highest BCUT2D eigenvalue weighted by atomic mass is 32.2. The third kappa shape index (κ3) is 6.24. The Morgan fingerprint density at radius 2 is 1.88 bits per heavy atom. The average molecular weight is 253 g/mol. The summed E-state index contributed by atoms with van der Waals surface area (Å²) in [5.74, 6) is 0. The van der Waals surface area contributed by atoms with Gasteiger partial charge in [0.2, 0.25) is 10.0 Å². The first-order chi connectivity index (χ1) is 8.14. The van der Waals surface area contributed by atoms with Gasteiger partial charge in [-0.1, -0.05) is 50.1 Å². The van der Waals surface area contributed by atoms with E-state index in [0.29, 0.717) is 6.54 Å². The second-order valence-electron chi connectivity index (χ2n) is 3.86. The third-order valence-electron chi connectivity index (χ3n) is 2.32. The van der Waals surface area contributed by atoms with Crippen molar-refractivity contribution in [1.29, 1.82) is 0 Å². The quantitative estimate of drug-likeness (QED) is 0.759. The summed E-state index contributed by atoms with van der Waals surface area (Å²) in [6, 6.07) is 9.38. The number of hydrogen-bond donors (Lipinski definition) is 1. The van der Waals surface area contributed by atoms with Crippen LogP contribution in [0.25, 0.3) is 6.08 Å². The minimum absolute atomic E-state index is 0.509. The van der Waals surface area contributed by atoms with Gasteiger partial charge in [-0.3, -0.25) is 0 Å². The van der Waals surface area contributed by atoms with Crippen LogP contribution >= 0.6 is 0 Å². The summed E-state index contributed by atoms with van der Waals surface area (Å²) in [6.45, 7) is 2.60. The minimum atomic E-state index is -3.29. The van der Waals surface area contributed by atoms with E-state index < -0.39 is 10.0 Å². The van der Waals surface area contributed by atoms with Gasteiger partial charge in [0.1, 0.15) is 0 Å². The maximum absolute atomic E-state index is 11.6. The molecule has 0 unspecified atom stereocenters. The highest BCUT2D eigenvalue weighted by Gasteiger charge is 2.02. The zero-order chi connectivity index (χ0) is 12.6. The van der Waals surface area contributed by atoms with Crippen molar-refractivity contribution in [2.24, 2.45) is 0 Å². The van der Waals surface area contributed by atoms with Gasteiger partial charge in [-0.2, -0.15) is 0 Å². The Kier molecular flexibility index (Phi) is 5.94. The number of benzene rings is 1. The zero-order valence-electron chi connectivity index (χ0n) is 10.1. The topological polar surface area (TPSA) is 46.2 Å². The van der Waals surface area contributed by atoms with Crippen LogP contribution in [0.1, 0.15) is 31.7 Å². The smallest absolute Gasteiger partial charge is 0.212 e. The summed E-state index contributed by atoms with van der Waals surface area (Å²) in [5.41, 5.74) is 0.881. The Labute approximate surface area is 104 Å². The van der Waals surface area contributed by atoms with Gasteiger partial charge in [0.25, 0.3) is 0 Å². The Balaban J connectivity index is 2.46. The lowest BCUT2D eigenvalue weighted by Gasteiger charge is -2.01. The van der Waals surface area contributed by atoms with Crippen LogP contribution < -0.4 is 4.72 Å². The summed E-state index contributed by atoms with van der Waals surface area (Å²) in [4.78, 5) is 0. The van der Waals surface area contributed by atoms with Crippen LogP contribution in [0.2, 0.25) is 0 Å². The van der Waals surface area contributed by atoms with Gasteiger partial charge in [-0.05, 0) is 18.1 Å². The molecule has 0 heterocycles. The molecule has 0 aliphatic carbocycles. The molecule has 0 spiro atoms. The number of nitrogens with one attached hydrogen (secondary N) is 1. The molecule has 1 aromatic carbocycles. The lowest BCUT2D eigenvalue weighted by molar-refractivity contribution is 0.585. The second kappa shape index (κ2) is 7.25. The monoisotopic (exact) mass is 253 g/mol. The maximum atomic E-state index is 11.6. The molecule has 0 saturated carbocycles. The molecule has 0 aromatic heterocycles. The molecule has 1 rings (SSSR count). The van der Waals surface area contributed by atoms with Gasteiger partial charge >= 0.3 is 0 Å². The molecular weight excluding hydrogens is 234 g/mol. The van der Waals surface area contributed by atoms with E-state index in [2.05, 4.69) is 11.6 Å². The van der Waals surface area contributed by atoms with Crippen LogP contribution in [0, 0.1) is 0 Å². The summed E-state index contributed by atoms with van der Waals surface area (Å²) in [7, 11) is -3.29. The van der Waals surface area contributed by atoms with Crippen LogP contribution in [-0.4, -0.2) is 15.0 Å². The van der Waals surface area contributed by atoms with Crippen molar-refractivity contribution >= 4 is 16.1 Å². The van der Waals surface area contributed by atoms with E-state index in [1.165, 1.54) is 5.41 Å². The van der Waals surface area contributed by atoms with Crippen LogP contribution in [-0.2, 0) is 10.0 Å². The molecule has 0 aliphatic rings. The predicted octanol–water partition coefficient (Wildman–Crippen LogP) is 2.77. The van der Waals surface area contributed by atoms with E-state index in [4.69, 9.17) is 0 Å². The molecule has 0 saturated heterocycles. The molecule has 1 N–H and O–H groups in total. The van der Waals surface area contributed by atoms with Gasteiger partial charge in [-0.25, -0.2) is 13.1 Å². The summed E-state index contributed by atoms with van der Waals surface area (Å²) in [5, 5.41) is 1.22. The molecule has 3 nitrogen and oxygen atoms in total. The Morgan fingerprint density at radius 1 is 1.18 bits per heavy atom. The molecule has 0 aliphatic heterocycles. The first-order valence-electron chi connectivity index (χ1n) is 5.87. The third-order valence-corrected chi connectivity index (χ3v) is 3.42. The van der Waals surface area contributed by atoms with Crippen molar-refractivity contribution in [2.45, 2.75) is 26.2 Å². The SMILES string of the molecule is CCCCCNS(=O)(=O)/C=C/c1ccccc1. The fraction of sp³-hybridized carbons (Fsp3) is 0.385. The molecule has 0 fully saturated rings. The molecule has 0 atom stereocenters. The van der Waals surface area contributed by atoms with E-state index in [0.717, 1.165) is 24.8 Å². The van der Waals surface area contributed by atoms with Crippen LogP contribution in [0.3, 0.4) is 0 Å². The van der Waals surface area contributed by atoms with Gasteiger partial charge < -0.3 is 0 Å². The first kappa shape index (κ1) is 13.9. The van der Waals surface area contributed by atoms with Crippen molar-refractivity contribution in [3.8, 4) is 0 Å². The zero-order valence-corrected chi connectivity index (χ0v) is 10.9. The standard InChI is InChI=1S/C13H19NO2S/c1-2-3-7-11-14-17(15,16)12-10-13-8-5-4-6-9-13/h4-6,8-10,12,14H,2-3,7,11H2,1H3/b12-10+. The molecular formula is C13H19NO2S. The predicted molar refractivity (Wildman–Crippen MR) is 71.9 cm³/mol. The molecule has 1 aromatic rings. The second-order valence-corrected chi connectivity index (χ2v) is 5.51. The summed E-state index contributed by atoms with van der Waals surface area (Å²) in [6.07, 6.45) is 4.61. The van der Waals surface area contributed by atoms with Crippen LogP contribution in [0.5, 0.6) is 0 Å². The Hall–Kier alpha value is -1.13. The van der Waals surface area contributed by atoms with Crippen molar-refractivity contribution < 1.29 is 8.42 Å². The molecule has 4 heteroatoms. The largest absolute Gasteiger partial charge is 0.233 e. The van der Waals surface area contributed by atoms with Crippen molar-refractivity contribution in [3.63, 3.8) is 0 Å². The average Bonchev–Trinajstić information content (AvgIpc) is 2.34. The van der Waals surface area contributed by atoms with Crippen molar-refractivity contribution in [2.75, 3.05) is 6.54 Å². The highest BCUT2D eigenvalue weighted by Crippen LogP contribution is 2.02. The number of rotatable bonds is 7. The highest BCUT2D eigenvalue weighted by molar-refractivity contribution is 7.92. The normalized spacial score (nSPS) is 12.1. The number of hydrogen-bond acceptors (Lipinski definition) is 2. The van der Waals surface area contributed by atoms with Crippen LogP contribution in [0.15, 0.2) is 35.7 Å². The molecule has 0 radical (unpaired) electrons. The van der Waals surface area contributed by atoms with Crippen molar-refractivity contribution in [3.05, 3.63) is 41.3 Å². The maximum Gasteiger partial charge on any atom is 0.233 e. The van der Waals surface area contributed by atoms with E-state index in [1.807, 2.05) is 30.3 Å². The molecule has 0 amide bonds. The van der Waals surface area contributed by atoms with Crippen LogP contribution in [0.4, 0.5) is 0 Å². The summed E-state index contributed by atoms with van der Waals surface area (Å²) < 4.78 is 25.7. The number of unbranched alkanes of at least 4 members (excludes halogenated alkanes) is 2. The Bertz CT molecular complexity index is 438. The Morgan fingerprint density at radius 3 is 2.53 bits per heavy atom. The van der Waals surface area contributed by atoms with E-state index in [9.17, 15) is 8.42 Å². The number of sulfonamides is 1. The van der Waals surface area contributed by atoms with Gasteiger partial charge in [0, 0.05) is 12.0 Å². The molecule has 94 valence electrons. The van der Waals surface area contributed by atoms with Gasteiger partial charge in [-0.15, -0.1) is 0 Å². The van der Waals surface area contributed by atoms with E-state index in [-0.39, 0.29) is 0 Å². The molecule has 0 bridgehead atoms. The van der Waals surface area contributed by atoms with Gasteiger partial charge in [0.05, 0.1) is 0 Å². The lowest BCUT2D eigenvalue weighted by Crippen LogP contribution is -2.22. The fourth-order valence-corrected chi connectivity index (χ4v) is 2.23. The summed E-state index contributed by atoms with van der Waals surface area (Å²) >= 11 is 0. The lowest BCUT2D eigenvalue weighted by atomic mass is 10.2.